The molecule has 0 bridgehead atoms. The van der Waals surface area contributed by atoms with Crippen molar-refractivity contribution >= 4 is 0 Å². The molecule has 3 nitrogen and oxygen atoms in total. The first-order chi connectivity index (χ1) is 7.44. The van der Waals surface area contributed by atoms with Gasteiger partial charge in [0.05, 0.1) is 6.61 Å². The third kappa shape index (κ3) is 6.46. The Hall–Kier alpha value is -0.120. The minimum atomic E-state index is 0.289. The highest BCUT2D eigenvalue weighted by atomic mass is 16.5. The van der Waals surface area contributed by atoms with Crippen molar-refractivity contribution in [2.75, 3.05) is 39.9 Å². The minimum Gasteiger partial charge on any atom is -0.380 e. The zero-order valence-corrected chi connectivity index (χ0v) is 12.0. The highest BCUT2D eigenvalue weighted by Crippen LogP contribution is 2.21. The molecule has 0 radical (unpaired) electrons. The summed E-state index contributed by atoms with van der Waals surface area (Å²) in [5.74, 6) is 0. The summed E-state index contributed by atoms with van der Waals surface area (Å²) in [7, 11) is 2.17. The van der Waals surface area contributed by atoms with Crippen molar-refractivity contribution < 1.29 is 4.74 Å². The molecule has 0 aromatic rings. The van der Waals surface area contributed by atoms with Crippen LogP contribution in [0.2, 0.25) is 0 Å². The SMILES string of the molecule is CCNC(C)C(C)(C)CN(C)CCOCC. The van der Waals surface area contributed by atoms with Crippen LogP contribution in [0.5, 0.6) is 0 Å². The summed E-state index contributed by atoms with van der Waals surface area (Å²) in [6.45, 7) is 15.9. The lowest BCUT2D eigenvalue weighted by atomic mass is 9.85. The molecule has 0 aliphatic rings. The second-order valence-corrected chi connectivity index (χ2v) is 5.20. The Kier molecular flexibility index (Phi) is 7.98. The predicted octanol–water partition coefficient (Wildman–Crippen LogP) is 1.98. The van der Waals surface area contributed by atoms with Crippen molar-refractivity contribution in [2.24, 2.45) is 5.41 Å². The fourth-order valence-electron chi connectivity index (χ4n) is 1.86. The maximum absolute atomic E-state index is 5.37. The summed E-state index contributed by atoms with van der Waals surface area (Å²) in [6, 6.07) is 0.534. The molecule has 98 valence electrons. The largest absolute Gasteiger partial charge is 0.380 e. The molecule has 1 unspecified atom stereocenters. The van der Waals surface area contributed by atoms with Gasteiger partial charge in [0.25, 0.3) is 0 Å². The zero-order valence-electron chi connectivity index (χ0n) is 12.0. The molecule has 0 aromatic heterocycles. The Morgan fingerprint density at radius 1 is 1.31 bits per heavy atom. The third-order valence-corrected chi connectivity index (χ3v) is 3.18. The van der Waals surface area contributed by atoms with Gasteiger partial charge in [-0.2, -0.15) is 0 Å². The second-order valence-electron chi connectivity index (χ2n) is 5.20. The molecule has 0 amide bonds. The summed E-state index contributed by atoms with van der Waals surface area (Å²) >= 11 is 0. The molecule has 1 N–H and O–H groups in total. The van der Waals surface area contributed by atoms with E-state index in [9.17, 15) is 0 Å². The maximum atomic E-state index is 5.37. The van der Waals surface area contributed by atoms with Crippen molar-refractivity contribution in [3.8, 4) is 0 Å². The minimum absolute atomic E-state index is 0.289. The number of nitrogens with zero attached hydrogens (tertiary/aromatic N) is 1. The molecule has 1 atom stereocenters. The van der Waals surface area contributed by atoms with Crippen molar-refractivity contribution in [3.05, 3.63) is 0 Å². The Labute approximate surface area is 102 Å². The summed E-state index contributed by atoms with van der Waals surface area (Å²) in [6.07, 6.45) is 0. The van der Waals surface area contributed by atoms with Crippen LogP contribution in [-0.2, 0) is 4.74 Å². The molecule has 0 saturated heterocycles. The Morgan fingerprint density at radius 2 is 1.94 bits per heavy atom. The van der Waals surface area contributed by atoms with Gasteiger partial charge in [-0.05, 0) is 32.9 Å². The first-order valence-electron chi connectivity index (χ1n) is 6.43. The van der Waals surface area contributed by atoms with E-state index in [-0.39, 0.29) is 5.41 Å². The van der Waals surface area contributed by atoms with Crippen LogP contribution < -0.4 is 5.32 Å². The number of ether oxygens (including phenoxy) is 1. The molecule has 0 fully saturated rings. The van der Waals surface area contributed by atoms with Crippen molar-refractivity contribution in [1.82, 2.24) is 10.2 Å². The molecule has 0 heterocycles. The van der Waals surface area contributed by atoms with E-state index in [1.807, 2.05) is 6.92 Å². The van der Waals surface area contributed by atoms with Crippen LogP contribution in [0.4, 0.5) is 0 Å². The number of likely N-dealkylation sites (N-methyl/N-ethyl adjacent to an activating group) is 1. The van der Waals surface area contributed by atoms with E-state index in [2.05, 4.69) is 45.0 Å². The monoisotopic (exact) mass is 230 g/mol. The number of hydrogen-bond acceptors (Lipinski definition) is 3. The molecule has 0 aliphatic heterocycles. The Balaban J connectivity index is 3.93. The quantitative estimate of drug-likeness (QED) is 0.613. The molecule has 0 spiro atoms. The topological polar surface area (TPSA) is 24.5 Å². The van der Waals surface area contributed by atoms with Gasteiger partial charge in [0.1, 0.15) is 0 Å². The highest BCUT2D eigenvalue weighted by molar-refractivity contribution is 4.82. The van der Waals surface area contributed by atoms with Gasteiger partial charge < -0.3 is 15.0 Å². The van der Waals surface area contributed by atoms with Crippen LogP contribution in [0, 0.1) is 5.41 Å². The van der Waals surface area contributed by atoms with Gasteiger partial charge in [-0.1, -0.05) is 20.8 Å². The van der Waals surface area contributed by atoms with Crippen LogP contribution in [0.1, 0.15) is 34.6 Å². The zero-order chi connectivity index (χ0) is 12.6. The van der Waals surface area contributed by atoms with Crippen molar-refractivity contribution in [2.45, 2.75) is 40.7 Å². The van der Waals surface area contributed by atoms with Gasteiger partial charge in [0.15, 0.2) is 0 Å². The Bertz CT molecular complexity index is 171. The van der Waals surface area contributed by atoms with Gasteiger partial charge >= 0.3 is 0 Å². The van der Waals surface area contributed by atoms with E-state index in [0.717, 1.165) is 32.8 Å². The van der Waals surface area contributed by atoms with E-state index in [4.69, 9.17) is 4.74 Å². The van der Waals surface area contributed by atoms with E-state index < -0.39 is 0 Å². The molecular formula is C13H30N2O. The number of hydrogen-bond donors (Lipinski definition) is 1. The first-order valence-corrected chi connectivity index (χ1v) is 6.43. The van der Waals surface area contributed by atoms with Gasteiger partial charge in [-0.25, -0.2) is 0 Å². The maximum Gasteiger partial charge on any atom is 0.0593 e. The summed E-state index contributed by atoms with van der Waals surface area (Å²) in [5, 5.41) is 3.50. The lowest BCUT2D eigenvalue weighted by Crippen LogP contribution is -2.46. The van der Waals surface area contributed by atoms with Crippen LogP contribution in [0.3, 0.4) is 0 Å². The molecule has 16 heavy (non-hydrogen) atoms. The first kappa shape index (κ1) is 15.9. The molecule has 0 rings (SSSR count). The average Bonchev–Trinajstić information content (AvgIpc) is 2.17. The van der Waals surface area contributed by atoms with Crippen molar-refractivity contribution in [1.29, 1.82) is 0 Å². The lowest BCUT2D eigenvalue weighted by Gasteiger charge is -2.36. The fourth-order valence-corrected chi connectivity index (χ4v) is 1.86. The fraction of sp³-hybridized carbons (Fsp3) is 1.00. The van der Waals surface area contributed by atoms with Crippen molar-refractivity contribution in [3.63, 3.8) is 0 Å². The number of nitrogens with one attached hydrogen (secondary N) is 1. The third-order valence-electron chi connectivity index (χ3n) is 3.18. The van der Waals surface area contributed by atoms with E-state index in [0.29, 0.717) is 6.04 Å². The molecule has 0 saturated carbocycles. The van der Waals surface area contributed by atoms with Crippen LogP contribution in [0.15, 0.2) is 0 Å². The molecule has 0 aliphatic carbocycles. The van der Waals surface area contributed by atoms with Crippen LogP contribution in [0.25, 0.3) is 0 Å². The van der Waals surface area contributed by atoms with E-state index in [1.165, 1.54) is 0 Å². The summed E-state index contributed by atoms with van der Waals surface area (Å²) < 4.78 is 5.37. The second kappa shape index (κ2) is 8.04. The predicted molar refractivity (Wildman–Crippen MR) is 70.9 cm³/mol. The van der Waals surface area contributed by atoms with Crippen LogP contribution in [-0.4, -0.2) is 50.8 Å². The van der Waals surface area contributed by atoms with Gasteiger partial charge in [-0.15, -0.1) is 0 Å². The smallest absolute Gasteiger partial charge is 0.0593 e. The lowest BCUT2D eigenvalue weighted by molar-refractivity contribution is 0.0987. The standard InChI is InChI=1S/C13H30N2O/c1-7-14-12(3)13(4,5)11-15(6)9-10-16-8-2/h12,14H,7-11H2,1-6H3. The van der Waals surface area contributed by atoms with E-state index in [1.54, 1.807) is 0 Å². The Morgan fingerprint density at radius 3 is 2.44 bits per heavy atom. The van der Waals surface area contributed by atoms with E-state index >= 15 is 0 Å². The normalized spacial score (nSPS) is 14.4. The summed E-state index contributed by atoms with van der Waals surface area (Å²) in [4.78, 5) is 2.35. The highest BCUT2D eigenvalue weighted by Gasteiger charge is 2.26. The molecular weight excluding hydrogens is 200 g/mol. The summed E-state index contributed by atoms with van der Waals surface area (Å²) in [5.41, 5.74) is 0.289. The molecule has 3 heteroatoms. The van der Waals surface area contributed by atoms with Gasteiger partial charge in [-0.3, -0.25) is 0 Å². The molecule has 0 aromatic carbocycles. The van der Waals surface area contributed by atoms with Gasteiger partial charge in [0.2, 0.25) is 0 Å². The average molecular weight is 230 g/mol. The van der Waals surface area contributed by atoms with Gasteiger partial charge in [0, 0.05) is 25.7 Å². The van der Waals surface area contributed by atoms with Crippen LogP contribution >= 0.6 is 0 Å². The number of rotatable bonds is 9.